The zero-order valence-electron chi connectivity index (χ0n) is 13.6. The number of alkyl halides is 5. The fourth-order valence-electron chi connectivity index (χ4n) is 1.77. The van der Waals surface area contributed by atoms with Crippen LogP contribution in [-0.4, -0.2) is 32.4 Å². The fourth-order valence-corrected chi connectivity index (χ4v) is 1.77. The number of hydrogen-bond donors (Lipinski definition) is 0. The largest absolute Gasteiger partial charge is 0.463 e. The van der Waals surface area contributed by atoms with Crippen molar-refractivity contribution in [3.63, 3.8) is 0 Å². The molecule has 0 aliphatic rings. The van der Waals surface area contributed by atoms with Crippen LogP contribution in [0, 0.1) is 0 Å². The predicted octanol–water partition coefficient (Wildman–Crippen LogP) is 3.86. The molecule has 2 heterocycles. The summed E-state index contributed by atoms with van der Waals surface area (Å²) in [6.07, 6.45) is -5.25. The predicted molar refractivity (Wildman–Crippen MR) is 75.2 cm³/mol. The molecule has 2 rings (SSSR count). The van der Waals surface area contributed by atoms with Crippen LogP contribution >= 0.6 is 0 Å². The Morgan fingerprint density at radius 2 is 1.71 bits per heavy atom. The van der Waals surface area contributed by atoms with Gasteiger partial charge in [-0.05, 0) is 6.42 Å². The van der Waals surface area contributed by atoms with Crippen molar-refractivity contribution in [1.82, 2.24) is 19.6 Å². The molecule has 5 nitrogen and oxygen atoms in total. The molecule has 0 aliphatic heterocycles. The molecule has 0 aromatic carbocycles. The molecule has 0 unspecified atom stereocenters. The quantitative estimate of drug-likeness (QED) is 0.784. The van der Waals surface area contributed by atoms with Crippen molar-refractivity contribution in [3.8, 4) is 6.01 Å². The van der Waals surface area contributed by atoms with E-state index in [1.807, 2.05) is 0 Å². The second-order valence-corrected chi connectivity index (χ2v) is 6.30. The first-order chi connectivity index (χ1) is 10.9. The van der Waals surface area contributed by atoms with Gasteiger partial charge < -0.3 is 4.74 Å². The molecular formula is C14H17F5N4O. The number of aromatic nitrogens is 4. The van der Waals surface area contributed by atoms with Crippen LogP contribution in [0.15, 0.2) is 6.07 Å². The van der Waals surface area contributed by atoms with Crippen LogP contribution in [0.3, 0.4) is 0 Å². The molecule has 0 atom stereocenters. The Hall–Kier alpha value is -2.00. The Labute approximate surface area is 134 Å². The van der Waals surface area contributed by atoms with Crippen molar-refractivity contribution in [3.05, 3.63) is 17.6 Å². The van der Waals surface area contributed by atoms with E-state index >= 15 is 0 Å². The van der Waals surface area contributed by atoms with Crippen molar-refractivity contribution >= 4 is 5.65 Å². The van der Waals surface area contributed by atoms with Gasteiger partial charge in [-0.15, -0.1) is 5.10 Å². The Morgan fingerprint density at radius 1 is 1.08 bits per heavy atom. The zero-order chi connectivity index (χ0) is 18.3. The van der Waals surface area contributed by atoms with Gasteiger partial charge in [0.25, 0.3) is 0 Å². The van der Waals surface area contributed by atoms with Gasteiger partial charge in [0.2, 0.25) is 0 Å². The molecule has 0 radical (unpaired) electrons. The van der Waals surface area contributed by atoms with E-state index in [1.54, 1.807) is 27.7 Å². The number of ether oxygens (including phenoxy) is 1. The Morgan fingerprint density at radius 3 is 2.21 bits per heavy atom. The number of rotatable bonds is 4. The third-order valence-electron chi connectivity index (χ3n) is 3.08. The highest BCUT2D eigenvalue weighted by atomic mass is 19.4. The van der Waals surface area contributed by atoms with Crippen molar-refractivity contribution in [2.24, 2.45) is 0 Å². The number of nitrogens with zero attached hydrogens (tertiary/aromatic N) is 4. The minimum atomic E-state index is -5.77. The molecule has 24 heavy (non-hydrogen) atoms. The van der Waals surface area contributed by atoms with Crippen LogP contribution < -0.4 is 4.74 Å². The lowest BCUT2D eigenvalue weighted by atomic mass is 9.96. The van der Waals surface area contributed by atoms with Crippen LogP contribution in [-0.2, 0) is 11.3 Å². The van der Waals surface area contributed by atoms with Gasteiger partial charge in [-0.1, -0.05) is 27.7 Å². The van der Waals surface area contributed by atoms with Gasteiger partial charge in [0.05, 0.1) is 6.61 Å². The standard InChI is InChI=1S/C14H17F5N4O/c1-5-6-24-11-20-8(13(15,16)14(17,18)19)7-9-21-10(12(2,3)4)22-23(9)11/h7H,5-6H2,1-4H3. The SMILES string of the molecule is CCCOc1nc(C(F)(F)C(F)(F)F)cc2nc(C(C)(C)C)nn12. The number of hydrogen-bond acceptors (Lipinski definition) is 4. The van der Waals surface area contributed by atoms with Gasteiger partial charge in [-0.25, -0.2) is 4.98 Å². The molecule has 0 N–H and O–H groups in total. The molecule has 0 spiro atoms. The second-order valence-electron chi connectivity index (χ2n) is 6.30. The molecule has 2 aromatic heterocycles. The molecule has 2 aromatic rings. The zero-order valence-corrected chi connectivity index (χ0v) is 13.6. The monoisotopic (exact) mass is 352 g/mol. The summed E-state index contributed by atoms with van der Waals surface area (Å²) in [7, 11) is 0. The Bertz CT molecular complexity index is 733. The first-order valence-electron chi connectivity index (χ1n) is 7.24. The minimum Gasteiger partial charge on any atom is -0.463 e. The normalized spacial score (nSPS) is 13.5. The maximum Gasteiger partial charge on any atom is 0.459 e. The molecule has 0 saturated carbocycles. The average Bonchev–Trinajstić information content (AvgIpc) is 2.87. The van der Waals surface area contributed by atoms with Gasteiger partial charge in [-0.2, -0.15) is 31.5 Å². The van der Waals surface area contributed by atoms with Gasteiger partial charge >= 0.3 is 18.1 Å². The summed E-state index contributed by atoms with van der Waals surface area (Å²) in [5, 5.41) is 4.11. The first kappa shape index (κ1) is 18.3. The molecule has 0 aliphatic carbocycles. The summed E-state index contributed by atoms with van der Waals surface area (Å²) in [5.41, 5.74) is -2.18. The third-order valence-corrected chi connectivity index (χ3v) is 3.08. The van der Waals surface area contributed by atoms with Gasteiger partial charge in [-0.3, -0.25) is 0 Å². The maximum atomic E-state index is 13.6. The Kier molecular flexibility index (Phi) is 4.45. The summed E-state index contributed by atoms with van der Waals surface area (Å²) in [5.74, 6) is -4.84. The second kappa shape index (κ2) is 5.82. The van der Waals surface area contributed by atoms with E-state index in [1.165, 1.54) is 0 Å². The Balaban J connectivity index is 2.67. The van der Waals surface area contributed by atoms with Crippen molar-refractivity contribution in [1.29, 1.82) is 0 Å². The maximum absolute atomic E-state index is 13.6. The van der Waals surface area contributed by atoms with E-state index in [-0.39, 0.29) is 18.1 Å². The van der Waals surface area contributed by atoms with E-state index in [9.17, 15) is 22.0 Å². The van der Waals surface area contributed by atoms with Crippen molar-refractivity contribution < 1.29 is 26.7 Å². The first-order valence-corrected chi connectivity index (χ1v) is 7.24. The number of fused-ring (bicyclic) bond motifs is 1. The van der Waals surface area contributed by atoms with Crippen LogP contribution in [0.5, 0.6) is 6.01 Å². The van der Waals surface area contributed by atoms with Crippen molar-refractivity contribution in [2.45, 2.75) is 51.6 Å². The van der Waals surface area contributed by atoms with Gasteiger partial charge in [0.15, 0.2) is 11.5 Å². The lowest BCUT2D eigenvalue weighted by Crippen LogP contribution is -2.34. The highest BCUT2D eigenvalue weighted by molar-refractivity contribution is 5.43. The fraction of sp³-hybridized carbons (Fsp3) is 0.643. The smallest absolute Gasteiger partial charge is 0.459 e. The summed E-state index contributed by atoms with van der Waals surface area (Å²) in [6.45, 7) is 7.20. The molecule has 0 saturated heterocycles. The lowest BCUT2D eigenvalue weighted by molar-refractivity contribution is -0.291. The molecule has 0 fully saturated rings. The summed E-state index contributed by atoms with van der Waals surface area (Å²) < 4.78 is 71.4. The summed E-state index contributed by atoms with van der Waals surface area (Å²) in [6, 6.07) is 0.130. The highest BCUT2D eigenvalue weighted by Gasteiger charge is 2.60. The van der Waals surface area contributed by atoms with Crippen LogP contribution in [0.1, 0.15) is 45.6 Å². The van der Waals surface area contributed by atoms with E-state index < -0.39 is 29.2 Å². The van der Waals surface area contributed by atoms with E-state index in [0.29, 0.717) is 12.5 Å². The van der Waals surface area contributed by atoms with E-state index in [2.05, 4.69) is 15.1 Å². The lowest BCUT2D eigenvalue weighted by Gasteiger charge is -2.19. The number of halogens is 5. The van der Waals surface area contributed by atoms with Gasteiger partial charge in [0, 0.05) is 11.5 Å². The van der Waals surface area contributed by atoms with Crippen LogP contribution in [0.25, 0.3) is 5.65 Å². The average molecular weight is 352 g/mol. The summed E-state index contributed by atoms with van der Waals surface area (Å²) in [4.78, 5) is 7.38. The molecule has 10 heteroatoms. The van der Waals surface area contributed by atoms with E-state index in [4.69, 9.17) is 4.74 Å². The highest BCUT2D eigenvalue weighted by Crippen LogP contribution is 2.43. The topological polar surface area (TPSA) is 52.3 Å². The van der Waals surface area contributed by atoms with Crippen molar-refractivity contribution in [2.75, 3.05) is 6.61 Å². The van der Waals surface area contributed by atoms with Crippen LogP contribution in [0.2, 0.25) is 0 Å². The molecule has 0 amide bonds. The van der Waals surface area contributed by atoms with E-state index in [0.717, 1.165) is 4.52 Å². The molecule has 134 valence electrons. The minimum absolute atomic E-state index is 0.0911. The van der Waals surface area contributed by atoms with Gasteiger partial charge in [0.1, 0.15) is 5.69 Å². The van der Waals surface area contributed by atoms with Crippen LogP contribution in [0.4, 0.5) is 22.0 Å². The molecule has 0 bridgehead atoms. The summed E-state index contributed by atoms with van der Waals surface area (Å²) >= 11 is 0. The molecular weight excluding hydrogens is 335 g/mol. The third kappa shape index (κ3) is 3.27.